The number of H-pyrrole nitrogens is 1. The van der Waals surface area contributed by atoms with Crippen molar-refractivity contribution in [3.8, 4) is 22.5 Å². The van der Waals surface area contributed by atoms with Gasteiger partial charge in [-0.25, -0.2) is 0 Å². The second kappa shape index (κ2) is 6.22. The van der Waals surface area contributed by atoms with E-state index in [2.05, 4.69) is 46.4 Å². The van der Waals surface area contributed by atoms with Gasteiger partial charge >= 0.3 is 0 Å². The van der Waals surface area contributed by atoms with Gasteiger partial charge in [-0.3, -0.25) is 4.98 Å². The van der Waals surface area contributed by atoms with Gasteiger partial charge in [-0.1, -0.05) is 41.9 Å². The Morgan fingerprint density at radius 1 is 1.00 bits per heavy atom. The van der Waals surface area contributed by atoms with Crippen LogP contribution in [0.15, 0.2) is 66.9 Å². The summed E-state index contributed by atoms with van der Waals surface area (Å²) in [7, 11) is 0. The summed E-state index contributed by atoms with van der Waals surface area (Å²) in [5, 5.41) is 11.6. The van der Waals surface area contributed by atoms with Crippen LogP contribution in [0.2, 0.25) is 5.02 Å². The van der Waals surface area contributed by atoms with Crippen LogP contribution in [0.5, 0.6) is 0 Å². The Balaban J connectivity index is 1.53. The number of aliphatic hydroxyl groups is 1. The molecule has 1 aliphatic rings. The number of aliphatic hydroxyl groups excluding tert-OH is 1. The number of aromatic nitrogens is 2. The smallest absolute Gasteiger partial charge is 0.0709 e. The average Bonchev–Trinajstić information content (AvgIpc) is 3.40. The Labute approximate surface area is 162 Å². The lowest BCUT2D eigenvalue weighted by Gasteiger charge is -2.13. The molecule has 1 aliphatic carbocycles. The predicted molar refractivity (Wildman–Crippen MR) is 110 cm³/mol. The number of nitrogens with one attached hydrogen (secondary N) is 1. The summed E-state index contributed by atoms with van der Waals surface area (Å²) >= 11 is 5.99. The monoisotopic (exact) mass is 374 g/mol. The molecule has 0 aliphatic heterocycles. The van der Waals surface area contributed by atoms with Gasteiger partial charge in [0.1, 0.15) is 0 Å². The Bertz CT molecular complexity index is 1130. The van der Waals surface area contributed by atoms with Crippen molar-refractivity contribution >= 4 is 22.5 Å². The van der Waals surface area contributed by atoms with Crippen molar-refractivity contribution in [1.29, 1.82) is 0 Å². The highest BCUT2D eigenvalue weighted by molar-refractivity contribution is 6.30. The van der Waals surface area contributed by atoms with E-state index >= 15 is 0 Å². The molecule has 1 saturated carbocycles. The Kier molecular flexibility index (Phi) is 3.81. The largest absolute Gasteiger partial charge is 0.395 e. The molecule has 5 rings (SSSR count). The summed E-state index contributed by atoms with van der Waals surface area (Å²) in [5.74, 6) is 0. The highest BCUT2D eigenvalue weighted by Crippen LogP contribution is 2.48. The summed E-state index contributed by atoms with van der Waals surface area (Å²) in [5.41, 5.74) is 6.36. The van der Waals surface area contributed by atoms with Gasteiger partial charge in [0, 0.05) is 27.1 Å². The third-order valence-electron chi connectivity index (χ3n) is 5.59. The molecule has 2 N–H and O–H groups in total. The maximum absolute atomic E-state index is 9.71. The standard InChI is InChI=1S/C23H19ClN2O/c24-19-6-4-15(5-7-19)21-12-17-11-20(25-13-22(17)26-21)16-2-1-3-18(10-16)23(14-27)8-9-23/h1-7,10-13,26-27H,8-9,14H2. The number of hydrogen-bond acceptors (Lipinski definition) is 2. The molecule has 2 aromatic carbocycles. The average molecular weight is 375 g/mol. The van der Waals surface area contributed by atoms with Crippen LogP contribution < -0.4 is 0 Å². The van der Waals surface area contributed by atoms with Crippen molar-refractivity contribution in [1.82, 2.24) is 9.97 Å². The molecule has 1 fully saturated rings. The van der Waals surface area contributed by atoms with Gasteiger partial charge in [0.25, 0.3) is 0 Å². The van der Waals surface area contributed by atoms with Crippen molar-refractivity contribution in [2.24, 2.45) is 0 Å². The lowest BCUT2D eigenvalue weighted by molar-refractivity contribution is 0.255. The molecule has 2 heterocycles. The van der Waals surface area contributed by atoms with Gasteiger partial charge < -0.3 is 10.1 Å². The van der Waals surface area contributed by atoms with E-state index < -0.39 is 0 Å². The van der Waals surface area contributed by atoms with Gasteiger partial charge in [-0.15, -0.1) is 0 Å². The van der Waals surface area contributed by atoms with Crippen molar-refractivity contribution in [2.75, 3.05) is 6.61 Å². The first-order chi connectivity index (χ1) is 13.2. The number of fused-ring (bicyclic) bond motifs is 1. The van der Waals surface area contributed by atoms with Gasteiger partial charge in [0.05, 0.1) is 24.0 Å². The number of rotatable bonds is 4. The first kappa shape index (κ1) is 16.5. The van der Waals surface area contributed by atoms with E-state index in [0.29, 0.717) is 0 Å². The molecule has 0 amide bonds. The number of hydrogen-bond donors (Lipinski definition) is 2. The topological polar surface area (TPSA) is 48.9 Å². The fourth-order valence-corrected chi connectivity index (χ4v) is 3.80. The van der Waals surface area contributed by atoms with Crippen LogP contribution in [0.1, 0.15) is 18.4 Å². The van der Waals surface area contributed by atoms with E-state index in [-0.39, 0.29) is 12.0 Å². The minimum absolute atomic E-state index is 0.0318. The Hall–Kier alpha value is -2.62. The van der Waals surface area contributed by atoms with E-state index in [9.17, 15) is 5.11 Å². The Morgan fingerprint density at radius 3 is 2.56 bits per heavy atom. The molecular weight excluding hydrogens is 356 g/mol. The van der Waals surface area contributed by atoms with Crippen molar-refractivity contribution in [2.45, 2.75) is 18.3 Å². The maximum atomic E-state index is 9.71. The predicted octanol–water partition coefficient (Wildman–Crippen LogP) is 5.57. The molecule has 0 unspecified atom stereocenters. The number of pyridine rings is 1. The molecular formula is C23H19ClN2O. The molecule has 3 nitrogen and oxygen atoms in total. The first-order valence-electron chi connectivity index (χ1n) is 9.13. The van der Waals surface area contributed by atoms with Crippen LogP contribution in [0.4, 0.5) is 0 Å². The van der Waals surface area contributed by atoms with Crippen molar-refractivity contribution in [3.05, 3.63) is 77.4 Å². The lowest BCUT2D eigenvalue weighted by Crippen LogP contribution is -2.11. The maximum Gasteiger partial charge on any atom is 0.0709 e. The molecule has 2 aromatic heterocycles. The molecule has 0 bridgehead atoms. The highest BCUT2D eigenvalue weighted by atomic mass is 35.5. The van der Waals surface area contributed by atoms with Crippen molar-refractivity contribution < 1.29 is 5.11 Å². The summed E-state index contributed by atoms with van der Waals surface area (Å²) < 4.78 is 0. The van der Waals surface area contributed by atoms with E-state index in [1.165, 1.54) is 5.56 Å². The van der Waals surface area contributed by atoms with Crippen LogP contribution in [-0.2, 0) is 5.41 Å². The zero-order valence-corrected chi connectivity index (χ0v) is 15.5. The third kappa shape index (κ3) is 2.93. The summed E-state index contributed by atoms with van der Waals surface area (Å²) in [6.07, 6.45) is 4.00. The van der Waals surface area contributed by atoms with Crippen LogP contribution in [0.3, 0.4) is 0 Å². The normalized spacial score (nSPS) is 15.2. The van der Waals surface area contributed by atoms with Gasteiger partial charge in [-0.2, -0.15) is 0 Å². The van der Waals surface area contributed by atoms with E-state index in [1.54, 1.807) is 0 Å². The Morgan fingerprint density at radius 2 is 1.81 bits per heavy atom. The minimum Gasteiger partial charge on any atom is -0.395 e. The summed E-state index contributed by atoms with van der Waals surface area (Å²) in [6, 6.07) is 20.5. The molecule has 134 valence electrons. The summed E-state index contributed by atoms with van der Waals surface area (Å²) in [6.45, 7) is 0.213. The SMILES string of the molecule is OCC1(c2cccc(-c3cc4cc(-c5ccc(Cl)cc5)[nH]c4cn3)c2)CC1. The fourth-order valence-electron chi connectivity index (χ4n) is 3.67. The highest BCUT2D eigenvalue weighted by Gasteiger charge is 2.43. The van der Waals surface area contributed by atoms with E-state index in [0.717, 1.165) is 51.3 Å². The van der Waals surface area contributed by atoms with E-state index in [4.69, 9.17) is 11.6 Å². The lowest BCUT2D eigenvalue weighted by atomic mass is 9.94. The number of nitrogens with zero attached hydrogens (tertiary/aromatic N) is 1. The second-order valence-corrected chi connectivity index (χ2v) is 7.80. The molecule has 4 heteroatoms. The van der Waals surface area contributed by atoms with Crippen LogP contribution in [0, 0.1) is 0 Å². The summed E-state index contributed by atoms with van der Waals surface area (Å²) in [4.78, 5) is 8.08. The molecule has 0 radical (unpaired) electrons. The molecule has 4 aromatic rings. The molecule has 0 spiro atoms. The minimum atomic E-state index is -0.0318. The molecule has 27 heavy (non-hydrogen) atoms. The van der Waals surface area contributed by atoms with Gasteiger partial charge in [0.15, 0.2) is 0 Å². The van der Waals surface area contributed by atoms with Crippen LogP contribution >= 0.6 is 11.6 Å². The van der Waals surface area contributed by atoms with Gasteiger partial charge in [0.2, 0.25) is 0 Å². The quantitative estimate of drug-likeness (QED) is 0.490. The molecule has 0 atom stereocenters. The van der Waals surface area contributed by atoms with Gasteiger partial charge in [-0.05, 0) is 54.3 Å². The zero-order valence-electron chi connectivity index (χ0n) is 14.7. The number of aromatic amines is 1. The van der Waals surface area contributed by atoms with E-state index in [1.807, 2.05) is 30.5 Å². The van der Waals surface area contributed by atoms with Crippen LogP contribution in [0.25, 0.3) is 33.4 Å². The first-order valence-corrected chi connectivity index (χ1v) is 9.51. The number of benzene rings is 2. The zero-order chi connectivity index (χ0) is 18.4. The number of halogens is 1. The molecule has 0 saturated heterocycles. The third-order valence-corrected chi connectivity index (χ3v) is 5.84. The second-order valence-electron chi connectivity index (χ2n) is 7.37. The van der Waals surface area contributed by atoms with Crippen molar-refractivity contribution in [3.63, 3.8) is 0 Å². The van der Waals surface area contributed by atoms with Crippen LogP contribution in [-0.4, -0.2) is 21.7 Å². The fraction of sp³-hybridized carbons (Fsp3) is 0.174.